The van der Waals surface area contributed by atoms with Gasteiger partial charge in [0.05, 0.1) is 6.61 Å². The number of hydrogen-bond acceptors (Lipinski definition) is 3. The van der Waals surface area contributed by atoms with Gasteiger partial charge in [0.2, 0.25) is 0 Å². The maximum Gasteiger partial charge on any atom is 0.293 e. The van der Waals surface area contributed by atoms with E-state index in [1.165, 1.54) is 60.5 Å². The van der Waals surface area contributed by atoms with Crippen LogP contribution in [0.4, 0.5) is 0 Å². The van der Waals surface area contributed by atoms with E-state index in [1.54, 1.807) is 0 Å². The molecular formula is C34H28BrNO2S. The summed E-state index contributed by atoms with van der Waals surface area (Å²) >= 11 is 5.57. The van der Waals surface area contributed by atoms with Gasteiger partial charge < -0.3 is 9.72 Å². The van der Waals surface area contributed by atoms with E-state index in [4.69, 9.17) is 4.74 Å². The molecule has 1 N–H and O–H groups in total. The molecule has 5 heteroatoms. The van der Waals surface area contributed by atoms with Crippen molar-refractivity contribution in [1.82, 2.24) is 4.98 Å². The van der Waals surface area contributed by atoms with Crippen LogP contribution in [0.2, 0.25) is 0 Å². The number of aromatic amines is 1. The van der Waals surface area contributed by atoms with Gasteiger partial charge in [-0.15, -0.1) is 11.3 Å². The lowest BCUT2D eigenvalue weighted by Gasteiger charge is -2.27. The van der Waals surface area contributed by atoms with Crippen molar-refractivity contribution in [2.45, 2.75) is 38.0 Å². The molecule has 0 bridgehead atoms. The number of nitrogens with one attached hydrogen (secondary N) is 1. The third-order valence-corrected chi connectivity index (χ3v) is 9.79. The summed E-state index contributed by atoms with van der Waals surface area (Å²) in [5, 5.41) is 8.94. The Kier molecular flexibility index (Phi) is 6.49. The van der Waals surface area contributed by atoms with Gasteiger partial charge >= 0.3 is 0 Å². The van der Waals surface area contributed by atoms with Gasteiger partial charge in [-0.05, 0) is 98.1 Å². The summed E-state index contributed by atoms with van der Waals surface area (Å²) in [7, 11) is 0. The second-order valence-corrected chi connectivity index (χ2v) is 12.4. The van der Waals surface area contributed by atoms with Crippen LogP contribution in [0.3, 0.4) is 0 Å². The second kappa shape index (κ2) is 10.3. The molecule has 3 nitrogen and oxygen atoms in total. The van der Waals surface area contributed by atoms with E-state index in [1.807, 2.05) is 11.3 Å². The van der Waals surface area contributed by atoms with Crippen LogP contribution in [-0.2, 0) is 35.2 Å². The highest BCUT2D eigenvalue weighted by atomic mass is 79.9. The molecule has 2 aromatic heterocycles. The Balaban J connectivity index is 1.21. The molecule has 1 unspecified atom stereocenters. The summed E-state index contributed by atoms with van der Waals surface area (Å²) in [4.78, 5) is 15.6. The van der Waals surface area contributed by atoms with E-state index in [0.29, 0.717) is 25.4 Å². The average Bonchev–Trinajstić information content (AvgIpc) is 3.60. The Morgan fingerprint density at radius 3 is 2.79 bits per heavy atom. The van der Waals surface area contributed by atoms with E-state index < -0.39 is 0 Å². The first-order valence-corrected chi connectivity index (χ1v) is 15.2. The monoisotopic (exact) mass is 593 g/mol. The fraction of sp³-hybridized carbons (Fsp3) is 0.206. The van der Waals surface area contributed by atoms with E-state index in [0.717, 1.165) is 34.8 Å². The van der Waals surface area contributed by atoms with Crippen LogP contribution in [0.15, 0.2) is 82.8 Å². The molecule has 7 rings (SSSR count). The lowest BCUT2D eigenvalue weighted by Crippen LogP contribution is -2.14. The number of halogens is 1. The minimum atomic E-state index is 0.381. The Labute approximate surface area is 239 Å². The quantitative estimate of drug-likeness (QED) is 0.114. The zero-order valence-corrected chi connectivity index (χ0v) is 23.9. The van der Waals surface area contributed by atoms with E-state index in [-0.39, 0.29) is 0 Å². The SMILES string of the molecule is O=COCCc1cc(Br)cc2c(Cc3sccc3C3CCc4ccc5c(ccc6ccccc65)c4C3)c[nH]c12. The maximum atomic E-state index is 10.6. The fourth-order valence-corrected chi connectivity index (χ4v) is 8.02. The fourth-order valence-electron chi connectivity index (χ4n) is 6.53. The molecule has 1 aliphatic rings. The molecule has 0 fully saturated rings. The van der Waals surface area contributed by atoms with Crippen LogP contribution in [0.1, 0.15) is 45.0 Å². The number of hydrogen-bond donors (Lipinski definition) is 1. The number of benzene rings is 4. The van der Waals surface area contributed by atoms with Crippen LogP contribution in [0.5, 0.6) is 0 Å². The van der Waals surface area contributed by atoms with E-state index in [9.17, 15) is 4.79 Å². The van der Waals surface area contributed by atoms with Crippen molar-refractivity contribution in [1.29, 1.82) is 0 Å². The number of rotatable bonds is 7. The third-order valence-electron chi connectivity index (χ3n) is 8.40. The minimum absolute atomic E-state index is 0.381. The summed E-state index contributed by atoms with van der Waals surface area (Å²) in [6.07, 6.45) is 7.16. The first-order valence-electron chi connectivity index (χ1n) is 13.5. The van der Waals surface area contributed by atoms with Gasteiger partial charge in [0, 0.05) is 39.3 Å². The van der Waals surface area contributed by atoms with E-state index in [2.05, 4.69) is 99.2 Å². The molecular weight excluding hydrogens is 566 g/mol. The van der Waals surface area contributed by atoms with Crippen molar-refractivity contribution < 1.29 is 9.53 Å². The molecule has 0 aliphatic heterocycles. The zero-order chi connectivity index (χ0) is 26.3. The van der Waals surface area contributed by atoms with Gasteiger partial charge in [-0.2, -0.15) is 0 Å². The van der Waals surface area contributed by atoms with Crippen LogP contribution < -0.4 is 0 Å². The van der Waals surface area contributed by atoms with Crippen LogP contribution in [0.25, 0.3) is 32.4 Å². The second-order valence-electron chi connectivity index (χ2n) is 10.5. The van der Waals surface area contributed by atoms with Gasteiger partial charge in [-0.3, -0.25) is 4.79 Å². The Morgan fingerprint density at radius 2 is 1.87 bits per heavy atom. The summed E-state index contributed by atoms with van der Waals surface area (Å²) in [5.74, 6) is 0.531. The van der Waals surface area contributed by atoms with Crippen molar-refractivity contribution >= 4 is 66.2 Å². The smallest absolute Gasteiger partial charge is 0.293 e. The highest BCUT2D eigenvalue weighted by Gasteiger charge is 2.25. The van der Waals surface area contributed by atoms with Gasteiger partial charge in [0.25, 0.3) is 6.47 Å². The number of thiophene rings is 1. The molecule has 0 amide bonds. The number of aryl methyl sites for hydroxylation is 1. The van der Waals surface area contributed by atoms with Crippen LogP contribution in [-0.4, -0.2) is 18.1 Å². The molecule has 0 saturated carbocycles. The van der Waals surface area contributed by atoms with Gasteiger partial charge in [0.1, 0.15) is 0 Å². The molecule has 6 aromatic rings. The van der Waals surface area contributed by atoms with Gasteiger partial charge in [-0.1, -0.05) is 64.5 Å². The van der Waals surface area contributed by atoms with Crippen molar-refractivity contribution in [2.75, 3.05) is 6.61 Å². The predicted octanol–water partition coefficient (Wildman–Crippen LogP) is 8.88. The standard InChI is InChI=1S/C34H28BrNO2S/c35-26-15-24(11-13-38-20-37)34-32(18-26)25(19-36-34)17-33-28(12-14-39-33)23-6-5-22-8-9-29-27-4-2-1-3-21(27)7-10-30(29)31(22)16-23/h1-4,7-10,12,14-15,18-20,23,36H,5-6,11,13,16-17H2. The molecule has 4 aromatic carbocycles. The molecule has 194 valence electrons. The Morgan fingerprint density at radius 1 is 0.974 bits per heavy atom. The predicted molar refractivity (Wildman–Crippen MR) is 165 cm³/mol. The topological polar surface area (TPSA) is 42.1 Å². The molecule has 2 heterocycles. The zero-order valence-electron chi connectivity index (χ0n) is 21.5. The largest absolute Gasteiger partial charge is 0.468 e. The van der Waals surface area contributed by atoms with Crippen LogP contribution in [0, 0.1) is 0 Å². The summed E-state index contributed by atoms with van der Waals surface area (Å²) in [6, 6.07) is 24.7. The van der Waals surface area contributed by atoms with Gasteiger partial charge in [0.15, 0.2) is 0 Å². The summed E-state index contributed by atoms with van der Waals surface area (Å²) in [6.45, 7) is 0.897. The number of carbonyl (C=O) groups is 1. The lowest BCUT2D eigenvalue weighted by molar-refractivity contribution is -0.128. The first-order chi connectivity index (χ1) is 19.2. The molecule has 1 aliphatic carbocycles. The number of ether oxygens (including phenoxy) is 1. The number of fused-ring (bicyclic) bond motifs is 6. The summed E-state index contributed by atoms with van der Waals surface area (Å²) in [5.41, 5.74) is 8.14. The molecule has 1 atom stereocenters. The van der Waals surface area contributed by atoms with Crippen LogP contribution >= 0.6 is 27.3 Å². The van der Waals surface area contributed by atoms with Crippen molar-refractivity contribution in [3.05, 3.63) is 115 Å². The average molecular weight is 595 g/mol. The third kappa shape index (κ3) is 4.48. The van der Waals surface area contributed by atoms with E-state index >= 15 is 0 Å². The number of H-pyrrole nitrogens is 1. The Bertz CT molecular complexity index is 1850. The number of aromatic nitrogens is 1. The van der Waals surface area contributed by atoms with Crippen molar-refractivity contribution in [3.8, 4) is 0 Å². The van der Waals surface area contributed by atoms with Gasteiger partial charge in [-0.25, -0.2) is 0 Å². The molecule has 39 heavy (non-hydrogen) atoms. The first kappa shape index (κ1) is 24.6. The number of carbonyl (C=O) groups excluding carboxylic acids is 1. The van der Waals surface area contributed by atoms with Crippen molar-refractivity contribution in [3.63, 3.8) is 0 Å². The van der Waals surface area contributed by atoms with Crippen molar-refractivity contribution in [2.24, 2.45) is 0 Å². The molecule has 0 saturated heterocycles. The highest BCUT2D eigenvalue weighted by Crippen LogP contribution is 2.41. The maximum absolute atomic E-state index is 10.6. The lowest BCUT2D eigenvalue weighted by atomic mass is 9.78. The summed E-state index contributed by atoms with van der Waals surface area (Å²) < 4.78 is 6.01. The minimum Gasteiger partial charge on any atom is -0.468 e. The Hall–Kier alpha value is -3.41. The molecule has 0 spiro atoms. The highest BCUT2D eigenvalue weighted by molar-refractivity contribution is 9.10. The normalized spacial score (nSPS) is 15.2. The molecule has 0 radical (unpaired) electrons.